The molecule has 2 aromatic heterocycles. The smallest absolute Gasteiger partial charge is 0.277 e. The zero-order valence-corrected chi connectivity index (χ0v) is 16.9. The zero-order chi connectivity index (χ0) is 20.6. The number of piperidine rings is 1. The maximum absolute atomic E-state index is 13.5. The molecule has 4 rings (SSSR count). The zero-order valence-electron chi connectivity index (χ0n) is 16.9. The minimum absolute atomic E-state index is 0.228. The monoisotopic (exact) mass is 401 g/mol. The number of nitrogens with zero attached hydrogens (tertiary/aromatic N) is 4. The minimum atomic E-state index is -0.663. The number of carbonyl (C=O) groups is 2. The first-order valence-corrected chi connectivity index (χ1v) is 10.0. The van der Waals surface area contributed by atoms with Crippen LogP contribution in [0.3, 0.4) is 0 Å². The fraction of sp³-hybridized carbons (Fsp3) is 0.600. The first-order chi connectivity index (χ1) is 13.9. The molecule has 2 aliphatic rings. The van der Waals surface area contributed by atoms with E-state index in [0.29, 0.717) is 37.6 Å². The van der Waals surface area contributed by atoms with Gasteiger partial charge in [0, 0.05) is 36.9 Å². The van der Waals surface area contributed by atoms with Crippen molar-refractivity contribution in [2.45, 2.75) is 52.1 Å². The van der Waals surface area contributed by atoms with Crippen molar-refractivity contribution in [3.63, 3.8) is 0 Å². The Morgan fingerprint density at radius 2 is 2.03 bits per heavy atom. The molecule has 0 radical (unpaired) electrons. The minimum Gasteiger partial charge on any atom is -0.381 e. The van der Waals surface area contributed by atoms with Crippen molar-refractivity contribution in [2.24, 2.45) is 11.1 Å². The highest BCUT2D eigenvalue weighted by molar-refractivity contribution is 5.97. The van der Waals surface area contributed by atoms with E-state index in [9.17, 15) is 9.59 Å². The SMILES string of the molecule is Cc1cnn(Cc2c(C(=O)N3CCCC4(CCOCC4)C3C(N)=O)noc2C)c1. The molecule has 2 saturated heterocycles. The highest BCUT2D eigenvalue weighted by Crippen LogP contribution is 2.44. The van der Waals surface area contributed by atoms with Crippen LogP contribution in [0.15, 0.2) is 16.9 Å². The topological polar surface area (TPSA) is 116 Å². The first-order valence-electron chi connectivity index (χ1n) is 10.0. The molecule has 29 heavy (non-hydrogen) atoms. The summed E-state index contributed by atoms with van der Waals surface area (Å²) in [5, 5.41) is 8.33. The molecule has 0 saturated carbocycles. The van der Waals surface area contributed by atoms with E-state index in [4.69, 9.17) is 15.0 Å². The number of ether oxygens (including phenoxy) is 1. The average molecular weight is 401 g/mol. The third-order valence-corrected chi connectivity index (χ3v) is 6.25. The number of aromatic nitrogens is 3. The number of primary amides is 1. The summed E-state index contributed by atoms with van der Waals surface area (Å²) in [5.74, 6) is -0.213. The molecule has 0 aliphatic carbocycles. The second kappa shape index (κ2) is 7.62. The van der Waals surface area contributed by atoms with Gasteiger partial charge in [-0.15, -0.1) is 0 Å². The van der Waals surface area contributed by atoms with E-state index in [1.165, 1.54) is 0 Å². The van der Waals surface area contributed by atoms with E-state index < -0.39 is 11.9 Å². The van der Waals surface area contributed by atoms with Gasteiger partial charge in [0.1, 0.15) is 11.8 Å². The van der Waals surface area contributed by atoms with Gasteiger partial charge in [0.05, 0.1) is 12.7 Å². The predicted molar refractivity (Wildman–Crippen MR) is 103 cm³/mol. The molecule has 1 unspecified atom stereocenters. The summed E-state index contributed by atoms with van der Waals surface area (Å²) in [5.41, 5.74) is 7.42. The van der Waals surface area contributed by atoms with Gasteiger partial charge in [-0.25, -0.2) is 0 Å². The second-order valence-corrected chi connectivity index (χ2v) is 8.16. The molecule has 9 nitrogen and oxygen atoms in total. The van der Waals surface area contributed by atoms with Crippen LogP contribution in [-0.4, -0.2) is 57.5 Å². The van der Waals surface area contributed by atoms with Crippen molar-refractivity contribution in [1.82, 2.24) is 19.8 Å². The molecule has 2 fully saturated rings. The Kier molecular flexibility index (Phi) is 5.16. The first kappa shape index (κ1) is 19.6. The number of nitrogens with two attached hydrogens (primary N) is 1. The molecule has 9 heteroatoms. The van der Waals surface area contributed by atoms with Crippen LogP contribution in [0.25, 0.3) is 0 Å². The highest BCUT2D eigenvalue weighted by Gasteiger charge is 2.50. The molecular formula is C20H27N5O4. The number of likely N-dealkylation sites (tertiary alicyclic amines) is 1. The fourth-order valence-electron chi connectivity index (χ4n) is 4.77. The van der Waals surface area contributed by atoms with Gasteiger partial charge >= 0.3 is 0 Å². The molecule has 2 aliphatic heterocycles. The molecule has 0 aromatic carbocycles. The van der Waals surface area contributed by atoms with Crippen LogP contribution in [0.4, 0.5) is 0 Å². The Morgan fingerprint density at radius 3 is 2.69 bits per heavy atom. The lowest BCUT2D eigenvalue weighted by Crippen LogP contribution is -2.61. The van der Waals surface area contributed by atoms with Crippen molar-refractivity contribution in [1.29, 1.82) is 0 Å². The Labute approximate surface area is 169 Å². The van der Waals surface area contributed by atoms with Gasteiger partial charge in [-0.1, -0.05) is 5.16 Å². The van der Waals surface area contributed by atoms with Crippen molar-refractivity contribution in [3.8, 4) is 0 Å². The van der Waals surface area contributed by atoms with Crippen molar-refractivity contribution >= 4 is 11.8 Å². The van der Waals surface area contributed by atoms with E-state index in [-0.39, 0.29) is 17.0 Å². The summed E-state index contributed by atoms with van der Waals surface area (Å²) in [6, 6.07) is -0.663. The maximum atomic E-state index is 13.5. The molecule has 1 atom stereocenters. The summed E-state index contributed by atoms with van der Waals surface area (Å²) in [6.45, 7) is 5.74. The molecule has 0 bridgehead atoms. The van der Waals surface area contributed by atoms with Gasteiger partial charge < -0.3 is 19.9 Å². The van der Waals surface area contributed by atoms with E-state index in [1.807, 2.05) is 13.1 Å². The van der Waals surface area contributed by atoms with Crippen molar-refractivity contribution < 1.29 is 18.8 Å². The van der Waals surface area contributed by atoms with E-state index >= 15 is 0 Å². The Hall–Kier alpha value is -2.68. The molecule has 2 amide bonds. The lowest BCUT2D eigenvalue weighted by atomic mass is 9.67. The predicted octanol–water partition coefficient (Wildman–Crippen LogP) is 1.42. The number of aryl methyl sites for hydroxylation is 2. The van der Waals surface area contributed by atoms with Crippen molar-refractivity contribution in [3.05, 3.63) is 35.0 Å². The quantitative estimate of drug-likeness (QED) is 0.828. The van der Waals surface area contributed by atoms with E-state index in [2.05, 4.69) is 10.3 Å². The van der Waals surface area contributed by atoms with Crippen LogP contribution in [0.2, 0.25) is 0 Å². The number of amides is 2. The van der Waals surface area contributed by atoms with Crippen LogP contribution >= 0.6 is 0 Å². The van der Waals surface area contributed by atoms with Gasteiger partial charge in [0.25, 0.3) is 5.91 Å². The van der Waals surface area contributed by atoms with Crippen LogP contribution in [0.5, 0.6) is 0 Å². The second-order valence-electron chi connectivity index (χ2n) is 8.16. The van der Waals surface area contributed by atoms with Crippen LogP contribution in [0.1, 0.15) is 53.1 Å². The van der Waals surface area contributed by atoms with Gasteiger partial charge in [-0.05, 0) is 45.1 Å². The Balaban J connectivity index is 1.65. The summed E-state index contributed by atoms with van der Waals surface area (Å²) >= 11 is 0. The van der Waals surface area contributed by atoms with Crippen LogP contribution in [-0.2, 0) is 16.1 Å². The standard InChI is InChI=1S/C20H27N5O4/c1-13-10-22-24(11-13)12-15-14(2)29-23-16(15)19(27)25-7-3-4-20(17(25)18(21)26)5-8-28-9-6-20/h10-11,17H,3-9,12H2,1-2H3,(H2,21,26). The lowest BCUT2D eigenvalue weighted by Gasteiger charge is -2.50. The summed E-state index contributed by atoms with van der Waals surface area (Å²) in [7, 11) is 0. The summed E-state index contributed by atoms with van der Waals surface area (Å²) in [6.07, 6.45) is 6.78. The molecule has 4 heterocycles. The summed E-state index contributed by atoms with van der Waals surface area (Å²) in [4.78, 5) is 27.6. The van der Waals surface area contributed by atoms with E-state index in [1.54, 1.807) is 22.7 Å². The largest absolute Gasteiger partial charge is 0.381 e. The molecule has 2 N–H and O–H groups in total. The fourth-order valence-corrected chi connectivity index (χ4v) is 4.77. The number of rotatable bonds is 4. The molecule has 1 spiro atoms. The van der Waals surface area contributed by atoms with Crippen LogP contribution < -0.4 is 5.73 Å². The van der Waals surface area contributed by atoms with Gasteiger partial charge in [-0.2, -0.15) is 5.10 Å². The van der Waals surface area contributed by atoms with Gasteiger partial charge in [-0.3, -0.25) is 14.3 Å². The Morgan fingerprint density at radius 1 is 1.28 bits per heavy atom. The molecule has 2 aromatic rings. The lowest BCUT2D eigenvalue weighted by molar-refractivity contribution is -0.134. The van der Waals surface area contributed by atoms with Crippen molar-refractivity contribution in [2.75, 3.05) is 19.8 Å². The van der Waals surface area contributed by atoms with Crippen LogP contribution in [0, 0.1) is 19.3 Å². The molecular weight excluding hydrogens is 374 g/mol. The normalized spacial score (nSPS) is 21.4. The number of hydrogen-bond acceptors (Lipinski definition) is 6. The third-order valence-electron chi connectivity index (χ3n) is 6.25. The average Bonchev–Trinajstić information content (AvgIpc) is 3.27. The maximum Gasteiger partial charge on any atom is 0.277 e. The molecule has 156 valence electrons. The number of hydrogen-bond donors (Lipinski definition) is 1. The summed E-state index contributed by atoms with van der Waals surface area (Å²) < 4.78 is 12.6. The third kappa shape index (κ3) is 3.55. The Bertz CT molecular complexity index is 906. The van der Waals surface area contributed by atoms with Gasteiger partial charge in [0.2, 0.25) is 5.91 Å². The van der Waals surface area contributed by atoms with Gasteiger partial charge in [0.15, 0.2) is 5.69 Å². The van der Waals surface area contributed by atoms with E-state index in [0.717, 1.165) is 31.2 Å². The number of carbonyl (C=O) groups excluding carboxylic acids is 2. The highest BCUT2D eigenvalue weighted by atomic mass is 16.5.